The minimum absolute atomic E-state index is 0.338. The number of benzene rings is 2. The average molecular weight is 336 g/mol. The zero-order valence-electron chi connectivity index (χ0n) is 14.3. The molecule has 2 heterocycles. The molecule has 0 bridgehead atoms. The molecule has 1 saturated heterocycles. The number of nitrogens with zero attached hydrogens (tertiary/aromatic N) is 1. The van der Waals surface area contributed by atoms with Gasteiger partial charge in [-0.05, 0) is 60.7 Å². The number of likely N-dealkylation sites (tertiary alicyclic amines) is 1. The van der Waals surface area contributed by atoms with Crippen molar-refractivity contribution in [1.82, 2.24) is 9.88 Å². The largest absolute Gasteiger partial charge is 0.491 e. The number of hydrogen-bond donors (Lipinski definition) is 2. The van der Waals surface area contributed by atoms with Gasteiger partial charge in [-0.2, -0.15) is 0 Å². The van der Waals surface area contributed by atoms with Gasteiger partial charge in [0.1, 0.15) is 18.0 Å². The molecule has 3 aromatic rings. The molecule has 1 aliphatic rings. The fraction of sp³-hybridized carbons (Fsp3) is 0.333. The molecule has 1 atom stereocenters. The van der Waals surface area contributed by atoms with Gasteiger partial charge in [0.15, 0.2) is 0 Å². The minimum atomic E-state index is -0.785. The Kier molecular flexibility index (Phi) is 4.47. The van der Waals surface area contributed by atoms with Gasteiger partial charge in [0, 0.05) is 24.8 Å². The van der Waals surface area contributed by atoms with Crippen LogP contribution in [-0.4, -0.2) is 40.3 Å². The Labute approximate surface area is 148 Å². The van der Waals surface area contributed by atoms with Gasteiger partial charge in [0.05, 0.1) is 0 Å². The van der Waals surface area contributed by atoms with Crippen LogP contribution in [0.4, 0.5) is 0 Å². The Hall–Kier alpha value is -2.30. The van der Waals surface area contributed by atoms with Crippen molar-refractivity contribution in [3.05, 3.63) is 66.4 Å². The molecule has 130 valence electrons. The molecule has 1 aromatic heterocycles. The van der Waals surface area contributed by atoms with E-state index < -0.39 is 5.60 Å². The number of aromatic nitrogens is 1. The third-order valence-corrected chi connectivity index (χ3v) is 4.91. The van der Waals surface area contributed by atoms with Gasteiger partial charge in [-0.1, -0.05) is 24.3 Å². The van der Waals surface area contributed by atoms with Gasteiger partial charge in [-0.15, -0.1) is 0 Å². The van der Waals surface area contributed by atoms with Crippen molar-refractivity contribution in [1.29, 1.82) is 0 Å². The first kappa shape index (κ1) is 16.2. The van der Waals surface area contributed by atoms with Crippen molar-refractivity contribution in [2.75, 3.05) is 19.7 Å². The standard InChI is InChI=1S/C21H24N2O2/c24-21(16-25-19-5-2-1-3-6-19)10-4-12-23(15-21)14-17-7-8-20-18(13-17)9-11-22-20/h1-3,5-9,11,13,22,24H,4,10,12,14-16H2/t21-/m0/s1. The van der Waals surface area contributed by atoms with Crippen molar-refractivity contribution in [2.24, 2.45) is 0 Å². The highest BCUT2D eigenvalue weighted by Gasteiger charge is 2.34. The molecule has 1 aliphatic heterocycles. The van der Waals surface area contributed by atoms with Gasteiger partial charge >= 0.3 is 0 Å². The lowest BCUT2D eigenvalue weighted by Gasteiger charge is -2.39. The van der Waals surface area contributed by atoms with E-state index in [-0.39, 0.29) is 0 Å². The summed E-state index contributed by atoms with van der Waals surface area (Å²) in [5.74, 6) is 0.811. The molecule has 0 unspecified atom stereocenters. The number of hydrogen-bond acceptors (Lipinski definition) is 3. The fourth-order valence-electron chi connectivity index (χ4n) is 3.65. The van der Waals surface area contributed by atoms with Crippen LogP contribution in [0.3, 0.4) is 0 Å². The van der Waals surface area contributed by atoms with Crippen molar-refractivity contribution in [3.63, 3.8) is 0 Å². The molecule has 4 nitrogen and oxygen atoms in total. The first-order valence-electron chi connectivity index (χ1n) is 8.89. The van der Waals surface area contributed by atoms with E-state index in [0.717, 1.165) is 37.2 Å². The summed E-state index contributed by atoms with van der Waals surface area (Å²) in [6.07, 6.45) is 3.74. The molecular formula is C21H24N2O2. The van der Waals surface area contributed by atoms with Crippen LogP contribution in [0, 0.1) is 0 Å². The van der Waals surface area contributed by atoms with E-state index in [9.17, 15) is 5.11 Å². The van der Waals surface area contributed by atoms with E-state index in [1.165, 1.54) is 10.9 Å². The normalized spacial score (nSPS) is 21.5. The molecule has 4 rings (SSSR count). The van der Waals surface area contributed by atoms with Crippen LogP contribution in [0.25, 0.3) is 10.9 Å². The quantitative estimate of drug-likeness (QED) is 0.749. The Morgan fingerprint density at radius 3 is 2.88 bits per heavy atom. The lowest BCUT2D eigenvalue weighted by Crippen LogP contribution is -2.51. The van der Waals surface area contributed by atoms with Gasteiger partial charge in [-0.3, -0.25) is 4.90 Å². The molecule has 0 radical (unpaired) electrons. The number of para-hydroxylation sites is 1. The monoisotopic (exact) mass is 336 g/mol. The zero-order chi connectivity index (χ0) is 17.1. The van der Waals surface area contributed by atoms with Crippen molar-refractivity contribution in [2.45, 2.75) is 25.0 Å². The van der Waals surface area contributed by atoms with E-state index >= 15 is 0 Å². The number of β-amino-alcohol motifs (C(OH)–C–C–N with tert-alkyl or cyclic N) is 1. The van der Waals surface area contributed by atoms with E-state index in [1.807, 2.05) is 36.5 Å². The van der Waals surface area contributed by atoms with Crippen LogP contribution in [0.5, 0.6) is 5.75 Å². The third kappa shape index (κ3) is 3.86. The second-order valence-corrected chi connectivity index (χ2v) is 7.04. The molecule has 2 N–H and O–H groups in total. The zero-order valence-corrected chi connectivity index (χ0v) is 14.3. The second-order valence-electron chi connectivity index (χ2n) is 7.04. The number of aliphatic hydroxyl groups is 1. The summed E-state index contributed by atoms with van der Waals surface area (Å²) in [5, 5.41) is 12.2. The van der Waals surface area contributed by atoms with Crippen LogP contribution in [0.2, 0.25) is 0 Å². The van der Waals surface area contributed by atoms with Gasteiger partial charge in [-0.25, -0.2) is 0 Å². The van der Waals surface area contributed by atoms with Crippen LogP contribution >= 0.6 is 0 Å². The maximum Gasteiger partial charge on any atom is 0.119 e. The molecular weight excluding hydrogens is 312 g/mol. The maximum absolute atomic E-state index is 10.9. The summed E-state index contributed by atoms with van der Waals surface area (Å²) < 4.78 is 5.81. The van der Waals surface area contributed by atoms with Crippen LogP contribution in [0.15, 0.2) is 60.8 Å². The number of H-pyrrole nitrogens is 1. The van der Waals surface area contributed by atoms with E-state index in [1.54, 1.807) is 0 Å². The fourth-order valence-corrected chi connectivity index (χ4v) is 3.65. The number of nitrogens with one attached hydrogen (secondary N) is 1. The highest BCUT2D eigenvalue weighted by molar-refractivity contribution is 5.79. The Morgan fingerprint density at radius 2 is 2.00 bits per heavy atom. The molecule has 0 amide bonds. The maximum atomic E-state index is 10.9. The third-order valence-electron chi connectivity index (χ3n) is 4.91. The van der Waals surface area contributed by atoms with E-state index in [2.05, 4.69) is 34.1 Å². The predicted molar refractivity (Wildman–Crippen MR) is 99.7 cm³/mol. The van der Waals surface area contributed by atoms with Crippen molar-refractivity contribution < 1.29 is 9.84 Å². The Bertz CT molecular complexity index is 830. The lowest BCUT2D eigenvalue weighted by atomic mass is 9.93. The Balaban J connectivity index is 1.39. The van der Waals surface area contributed by atoms with Gasteiger partial charge < -0.3 is 14.8 Å². The minimum Gasteiger partial charge on any atom is -0.491 e. The SMILES string of the molecule is O[C@@]1(COc2ccccc2)CCCN(Cc2ccc3[nH]ccc3c2)C1. The smallest absolute Gasteiger partial charge is 0.119 e. The molecule has 1 fully saturated rings. The highest BCUT2D eigenvalue weighted by atomic mass is 16.5. The predicted octanol–water partition coefficient (Wildman–Crippen LogP) is 3.57. The van der Waals surface area contributed by atoms with Crippen molar-refractivity contribution in [3.8, 4) is 5.75 Å². The number of piperidine rings is 1. The second kappa shape index (κ2) is 6.90. The number of ether oxygens (including phenoxy) is 1. The van der Waals surface area contributed by atoms with Crippen LogP contribution in [-0.2, 0) is 6.54 Å². The molecule has 4 heteroatoms. The first-order valence-corrected chi connectivity index (χ1v) is 8.89. The number of fused-ring (bicyclic) bond motifs is 1. The number of aromatic amines is 1. The average Bonchev–Trinajstić information content (AvgIpc) is 3.09. The van der Waals surface area contributed by atoms with Gasteiger partial charge in [0.25, 0.3) is 0 Å². The summed E-state index contributed by atoms with van der Waals surface area (Å²) in [7, 11) is 0. The van der Waals surface area contributed by atoms with E-state index in [0.29, 0.717) is 13.2 Å². The molecule has 2 aromatic carbocycles. The summed E-state index contributed by atoms with van der Waals surface area (Å²) >= 11 is 0. The summed E-state index contributed by atoms with van der Waals surface area (Å²) in [4.78, 5) is 5.55. The Morgan fingerprint density at radius 1 is 1.12 bits per heavy atom. The van der Waals surface area contributed by atoms with Crippen LogP contribution in [0.1, 0.15) is 18.4 Å². The van der Waals surface area contributed by atoms with Gasteiger partial charge in [0.2, 0.25) is 0 Å². The van der Waals surface area contributed by atoms with Crippen LogP contribution < -0.4 is 4.74 Å². The topological polar surface area (TPSA) is 48.5 Å². The van der Waals surface area contributed by atoms with E-state index in [4.69, 9.17) is 4.74 Å². The molecule has 25 heavy (non-hydrogen) atoms. The lowest BCUT2D eigenvalue weighted by molar-refractivity contribution is -0.0621. The molecule has 0 aliphatic carbocycles. The summed E-state index contributed by atoms with van der Waals surface area (Å²) in [6.45, 7) is 2.85. The highest BCUT2D eigenvalue weighted by Crippen LogP contribution is 2.25. The number of rotatable bonds is 5. The summed E-state index contributed by atoms with van der Waals surface area (Å²) in [5.41, 5.74) is 1.65. The molecule has 0 saturated carbocycles. The first-order chi connectivity index (χ1) is 12.2. The molecule has 0 spiro atoms. The van der Waals surface area contributed by atoms with Crippen molar-refractivity contribution >= 4 is 10.9 Å². The summed E-state index contributed by atoms with van der Waals surface area (Å²) in [6, 6.07) is 18.3.